The third-order valence-corrected chi connectivity index (χ3v) is 6.65. The number of imidazole rings is 1. The Morgan fingerprint density at radius 3 is 2.70 bits per heavy atom. The van der Waals surface area contributed by atoms with Crippen LogP contribution in [0.2, 0.25) is 0 Å². The number of morpholine rings is 1. The summed E-state index contributed by atoms with van der Waals surface area (Å²) in [6, 6.07) is 4.93. The first kappa shape index (κ1) is 24.8. The van der Waals surface area contributed by atoms with Crippen LogP contribution in [0.15, 0.2) is 16.9 Å². The Morgan fingerprint density at radius 1 is 1.22 bits per heavy atom. The molecule has 5 rings (SSSR count). The van der Waals surface area contributed by atoms with Crippen LogP contribution in [0.25, 0.3) is 11.0 Å². The number of carbonyl (C=O) groups is 1. The number of aromatic amines is 1. The Bertz CT molecular complexity index is 1420. The van der Waals surface area contributed by atoms with E-state index in [1.54, 1.807) is 4.90 Å². The molecule has 12 heteroatoms. The molecular formula is C25H26F2N6O4. The molecule has 3 heterocycles. The van der Waals surface area contributed by atoms with E-state index < -0.39 is 13.0 Å². The van der Waals surface area contributed by atoms with Crippen LogP contribution in [0.3, 0.4) is 0 Å². The van der Waals surface area contributed by atoms with Gasteiger partial charge in [-0.1, -0.05) is 0 Å². The normalized spacial score (nSPS) is 15.6. The molecule has 2 aromatic heterocycles. The molecule has 1 aliphatic heterocycles. The Kier molecular flexibility index (Phi) is 7.14. The number of ether oxygens (including phenoxy) is 2. The molecule has 37 heavy (non-hydrogen) atoms. The number of nitriles is 1. The van der Waals surface area contributed by atoms with Crippen molar-refractivity contribution in [3.8, 4) is 11.8 Å². The van der Waals surface area contributed by atoms with Gasteiger partial charge in [0.25, 0.3) is 12.0 Å². The fourth-order valence-corrected chi connectivity index (χ4v) is 4.85. The SMILES string of the molecule is N#Cc1cc2[nH]c(Cc3nn(CC(=O)N4CCOCC4)c(=O)c4c3CCCC4)nc2cc1OCC(F)F. The summed E-state index contributed by atoms with van der Waals surface area (Å²) in [5.74, 6) is 0.401. The van der Waals surface area contributed by atoms with E-state index in [4.69, 9.17) is 9.47 Å². The number of rotatable bonds is 7. The van der Waals surface area contributed by atoms with Gasteiger partial charge >= 0.3 is 0 Å². The van der Waals surface area contributed by atoms with Crippen molar-refractivity contribution in [1.82, 2.24) is 24.6 Å². The molecule has 1 aliphatic carbocycles. The number of nitrogens with zero attached hydrogens (tertiary/aromatic N) is 5. The quantitative estimate of drug-likeness (QED) is 0.513. The maximum Gasteiger partial charge on any atom is 0.272 e. The number of aromatic nitrogens is 4. The highest BCUT2D eigenvalue weighted by Gasteiger charge is 2.24. The Hall–Kier alpha value is -3.85. The van der Waals surface area contributed by atoms with Gasteiger partial charge in [-0.25, -0.2) is 18.4 Å². The fourth-order valence-electron chi connectivity index (χ4n) is 4.85. The second kappa shape index (κ2) is 10.6. The van der Waals surface area contributed by atoms with Gasteiger partial charge in [0.2, 0.25) is 5.91 Å². The van der Waals surface area contributed by atoms with Crippen molar-refractivity contribution >= 4 is 16.9 Å². The predicted octanol–water partition coefficient (Wildman–Crippen LogP) is 1.96. The van der Waals surface area contributed by atoms with Crippen molar-refractivity contribution in [2.24, 2.45) is 0 Å². The standard InChI is InChI=1S/C25H26F2N6O4/c26-22(27)14-37-21-10-20-19(9-15(21)12-28)29-23(30-20)11-18-16-3-1-2-4-17(16)25(35)33(31-18)13-24(34)32-5-7-36-8-6-32/h9-10,22H,1-8,11,13-14H2,(H,29,30). The average Bonchev–Trinajstić information content (AvgIpc) is 3.31. The second-order valence-corrected chi connectivity index (χ2v) is 9.11. The lowest BCUT2D eigenvalue weighted by molar-refractivity contribution is -0.136. The monoisotopic (exact) mass is 512 g/mol. The van der Waals surface area contributed by atoms with Crippen molar-refractivity contribution < 1.29 is 23.0 Å². The van der Waals surface area contributed by atoms with Gasteiger partial charge in [0, 0.05) is 24.7 Å². The molecule has 1 aromatic carbocycles. The number of hydrogen-bond donors (Lipinski definition) is 1. The van der Waals surface area contributed by atoms with Crippen LogP contribution in [0.5, 0.6) is 5.75 Å². The average molecular weight is 513 g/mol. The lowest BCUT2D eigenvalue weighted by Crippen LogP contribution is -2.44. The number of hydrogen-bond acceptors (Lipinski definition) is 7. The van der Waals surface area contributed by atoms with Gasteiger partial charge in [-0.15, -0.1) is 0 Å². The van der Waals surface area contributed by atoms with Crippen molar-refractivity contribution in [3.05, 3.63) is 50.7 Å². The molecule has 2 aliphatic rings. The lowest BCUT2D eigenvalue weighted by Gasteiger charge is -2.27. The van der Waals surface area contributed by atoms with Gasteiger partial charge in [0.1, 0.15) is 30.8 Å². The van der Waals surface area contributed by atoms with Crippen molar-refractivity contribution in [1.29, 1.82) is 5.26 Å². The van der Waals surface area contributed by atoms with Crippen molar-refractivity contribution in [2.45, 2.75) is 45.1 Å². The largest absolute Gasteiger partial charge is 0.486 e. The van der Waals surface area contributed by atoms with Gasteiger partial charge in [-0.05, 0) is 37.3 Å². The predicted molar refractivity (Wildman–Crippen MR) is 128 cm³/mol. The number of H-pyrrole nitrogens is 1. The summed E-state index contributed by atoms with van der Waals surface area (Å²) in [5.41, 5.74) is 3.15. The fraction of sp³-hybridized carbons (Fsp3) is 0.480. The summed E-state index contributed by atoms with van der Waals surface area (Å²) in [7, 11) is 0. The molecule has 194 valence electrons. The minimum Gasteiger partial charge on any atom is -0.486 e. The van der Waals surface area contributed by atoms with Crippen LogP contribution in [0.4, 0.5) is 8.78 Å². The second-order valence-electron chi connectivity index (χ2n) is 9.11. The first-order valence-corrected chi connectivity index (χ1v) is 12.2. The number of carbonyl (C=O) groups excluding carboxylic acids is 1. The minimum absolute atomic E-state index is 0.0408. The van der Waals surface area contributed by atoms with Gasteiger partial charge in [0.05, 0.1) is 41.9 Å². The van der Waals surface area contributed by atoms with Crippen molar-refractivity contribution in [2.75, 3.05) is 32.9 Å². The minimum atomic E-state index is -2.67. The zero-order chi connectivity index (χ0) is 25.9. The van der Waals surface area contributed by atoms with Gasteiger partial charge < -0.3 is 19.4 Å². The highest BCUT2D eigenvalue weighted by atomic mass is 19.3. The van der Waals surface area contributed by atoms with Crippen LogP contribution in [0.1, 0.15) is 41.1 Å². The van der Waals surface area contributed by atoms with Crippen LogP contribution in [-0.2, 0) is 35.3 Å². The van der Waals surface area contributed by atoms with E-state index in [2.05, 4.69) is 15.1 Å². The summed E-state index contributed by atoms with van der Waals surface area (Å²) >= 11 is 0. The molecule has 1 saturated heterocycles. The molecule has 0 spiro atoms. The van der Waals surface area contributed by atoms with E-state index in [0.29, 0.717) is 60.8 Å². The van der Waals surface area contributed by atoms with Crippen LogP contribution in [0, 0.1) is 11.3 Å². The Labute approximate surface area is 210 Å². The summed E-state index contributed by atoms with van der Waals surface area (Å²) in [6.45, 7) is 0.944. The first-order chi connectivity index (χ1) is 17.9. The molecule has 0 radical (unpaired) electrons. The highest BCUT2D eigenvalue weighted by molar-refractivity contribution is 5.79. The van der Waals surface area contributed by atoms with Crippen LogP contribution >= 0.6 is 0 Å². The van der Waals surface area contributed by atoms with Crippen molar-refractivity contribution in [3.63, 3.8) is 0 Å². The topological polar surface area (TPSA) is 126 Å². The molecule has 0 bridgehead atoms. The number of halogens is 2. The summed E-state index contributed by atoms with van der Waals surface area (Å²) in [4.78, 5) is 35.4. The van der Waals surface area contributed by atoms with Crippen LogP contribution in [-0.4, -0.2) is 69.9 Å². The Morgan fingerprint density at radius 2 is 1.97 bits per heavy atom. The zero-order valence-electron chi connectivity index (χ0n) is 20.1. The van der Waals surface area contributed by atoms with Gasteiger partial charge in [-0.2, -0.15) is 10.4 Å². The van der Waals surface area contributed by atoms with Gasteiger partial charge in [0.15, 0.2) is 0 Å². The van der Waals surface area contributed by atoms with E-state index in [-0.39, 0.29) is 35.7 Å². The smallest absolute Gasteiger partial charge is 0.272 e. The third-order valence-electron chi connectivity index (χ3n) is 6.65. The molecule has 3 aromatic rings. The number of benzene rings is 1. The summed E-state index contributed by atoms with van der Waals surface area (Å²) < 4.78 is 36.9. The maximum atomic E-state index is 13.2. The van der Waals surface area contributed by atoms with E-state index in [0.717, 1.165) is 24.8 Å². The maximum absolute atomic E-state index is 13.2. The van der Waals surface area contributed by atoms with E-state index in [1.807, 2.05) is 6.07 Å². The summed E-state index contributed by atoms with van der Waals surface area (Å²) in [5, 5.41) is 14.0. The molecule has 0 atom stereocenters. The molecule has 1 N–H and O–H groups in total. The molecule has 0 unspecified atom stereocenters. The van der Waals surface area contributed by atoms with E-state index in [1.165, 1.54) is 16.8 Å². The number of amides is 1. The first-order valence-electron chi connectivity index (χ1n) is 12.2. The zero-order valence-corrected chi connectivity index (χ0v) is 20.1. The number of fused-ring (bicyclic) bond motifs is 2. The molecule has 1 amide bonds. The summed E-state index contributed by atoms with van der Waals surface area (Å²) in [6.07, 6.45) is 0.792. The molecular weight excluding hydrogens is 486 g/mol. The number of nitrogens with one attached hydrogen (secondary N) is 1. The Balaban J connectivity index is 1.46. The van der Waals surface area contributed by atoms with Gasteiger partial charge in [-0.3, -0.25) is 9.59 Å². The van der Waals surface area contributed by atoms with Crippen LogP contribution < -0.4 is 10.3 Å². The molecule has 10 nitrogen and oxygen atoms in total. The highest BCUT2D eigenvalue weighted by Crippen LogP contribution is 2.27. The molecule has 1 fully saturated rings. The number of alkyl halides is 2. The molecule has 0 saturated carbocycles. The van der Waals surface area contributed by atoms with E-state index >= 15 is 0 Å². The third kappa shape index (κ3) is 5.32. The lowest BCUT2D eigenvalue weighted by atomic mass is 9.91. The van der Waals surface area contributed by atoms with E-state index in [9.17, 15) is 23.6 Å².